The Morgan fingerprint density at radius 1 is 0.919 bits per heavy atom. The van der Waals surface area contributed by atoms with Gasteiger partial charge >= 0.3 is 0 Å². The standard InChI is InChI=1S/C28H26N4O4S/c1-18-12-14-20(15-13-18)29-23(33)17-37-28-31-30-24(36-28)11-3-2-4-16-32-26(34)21-9-5-7-19-8-6-10-22(25(19)21)27(32)35/h5-10,12-15H,2-4,11,16-17H2,1H3,(H,29,33). The Morgan fingerprint density at radius 3 is 2.32 bits per heavy atom. The van der Waals surface area contributed by atoms with Crippen LogP contribution in [0.5, 0.6) is 0 Å². The lowest BCUT2D eigenvalue weighted by Crippen LogP contribution is -2.40. The van der Waals surface area contributed by atoms with Crippen molar-refractivity contribution in [1.29, 1.82) is 0 Å². The Hall–Kier alpha value is -3.98. The zero-order chi connectivity index (χ0) is 25.8. The molecule has 1 aliphatic rings. The van der Waals surface area contributed by atoms with Crippen LogP contribution >= 0.6 is 11.8 Å². The quantitative estimate of drug-likeness (QED) is 0.175. The van der Waals surface area contributed by atoms with Gasteiger partial charge in [0.05, 0.1) is 5.75 Å². The van der Waals surface area contributed by atoms with E-state index >= 15 is 0 Å². The minimum absolute atomic E-state index is 0.144. The van der Waals surface area contributed by atoms with Crippen molar-refractivity contribution in [3.05, 3.63) is 83.2 Å². The van der Waals surface area contributed by atoms with Crippen molar-refractivity contribution in [2.45, 2.75) is 37.8 Å². The maximum atomic E-state index is 13.0. The minimum Gasteiger partial charge on any atom is -0.416 e. The van der Waals surface area contributed by atoms with Crippen LogP contribution in [0.3, 0.4) is 0 Å². The van der Waals surface area contributed by atoms with Crippen molar-refractivity contribution in [3.63, 3.8) is 0 Å². The number of rotatable bonds is 10. The van der Waals surface area contributed by atoms with Crippen LogP contribution in [-0.4, -0.2) is 45.1 Å². The van der Waals surface area contributed by atoms with Crippen LogP contribution in [0.15, 0.2) is 70.3 Å². The van der Waals surface area contributed by atoms with Crippen LogP contribution in [0, 0.1) is 6.92 Å². The van der Waals surface area contributed by atoms with Crippen molar-refractivity contribution in [1.82, 2.24) is 15.1 Å². The number of aromatic nitrogens is 2. The molecule has 0 aliphatic carbocycles. The van der Waals surface area contributed by atoms with Crippen LogP contribution < -0.4 is 5.32 Å². The molecule has 3 aromatic carbocycles. The molecule has 0 spiro atoms. The van der Waals surface area contributed by atoms with E-state index in [0.717, 1.165) is 34.9 Å². The minimum atomic E-state index is -0.237. The van der Waals surface area contributed by atoms with E-state index in [1.54, 1.807) is 12.1 Å². The van der Waals surface area contributed by atoms with Gasteiger partial charge in [0.2, 0.25) is 11.8 Å². The van der Waals surface area contributed by atoms with Gasteiger partial charge < -0.3 is 9.73 Å². The molecule has 0 saturated carbocycles. The molecule has 9 heteroatoms. The van der Waals surface area contributed by atoms with E-state index in [0.29, 0.717) is 41.6 Å². The number of anilines is 1. The summed E-state index contributed by atoms with van der Waals surface area (Å²) in [6.45, 7) is 2.36. The number of hydrogen-bond acceptors (Lipinski definition) is 7. The maximum Gasteiger partial charge on any atom is 0.277 e. The summed E-state index contributed by atoms with van der Waals surface area (Å²) in [5.74, 6) is 0.0598. The highest BCUT2D eigenvalue weighted by molar-refractivity contribution is 7.99. The highest BCUT2D eigenvalue weighted by Gasteiger charge is 2.32. The first-order valence-corrected chi connectivity index (χ1v) is 13.2. The number of thioether (sulfide) groups is 1. The smallest absolute Gasteiger partial charge is 0.277 e. The molecule has 0 unspecified atom stereocenters. The number of imide groups is 1. The van der Waals surface area contributed by atoms with Crippen molar-refractivity contribution in [2.24, 2.45) is 0 Å². The molecule has 0 atom stereocenters. The van der Waals surface area contributed by atoms with E-state index in [1.165, 1.54) is 16.7 Å². The van der Waals surface area contributed by atoms with E-state index in [1.807, 2.05) is 55.5 Å². The highest BCUT2D eigenvalue weighted by Crippen LogP contribution is 2.30. The second-order valence-corrected chi connectivity index (χ2v) is 9.87. The number of aryl methyl sites for hydroxylation is 2. The summed E-state index contributed by atoms with van der Waals surface area (Å²) in [6.07, 6.45) is 2.85. The van der Waals surface area contributed by atoms with Gasteiger partial charge in [0, 0.05) is 35.2 Å². The van der Waals surface area contributed by atoms with E-state index < -0.39 is 0 Å². The van der Waals surface area contributed by atoms with Gasteiger partial charge in [-0.3, -0.25) is 19.3 Å². The predicted molar refractivity (Wildman–Crippen MR) is 142 cm³/mol. The molecule has 37 heavy (non-hydrogen) atoms. The topological polar surface area (TPSA) is 105 Å². The average molecular weight is 515 g/mol. The second-order valence-electron chi connectivity index (χ2n) is 8.95. The Kier molecular flexibility index (Phi) is 7.32. The van der Waals surface area contributed by atoms with Crippen molar-refractivity contribution >= 4 is 45.9 Å². The van der Waals surface area contributed by atoms with Gasteiger partial charge in [-0.2, -0.15) is 0 Å². The molecular weight excluding hydrogens is 488 g/mol. The van der Waals surface area contributed by atoms with Gasteiger partial charge in [-0.25, -0.2) is 0 Å². The first-order chi connectivity index (χ1) is 18.0. The normalized spacial score (nSPS) is 12.8. The number of unbranched alkanes of at least 4 members (excludes halogenated alkanes) is 2. The Morgan fingerprint density at radius 2 is 1.62 bits per heavy atom. The lowest BCUT2D eigenvalue weighted by atomic mass is 9.94. The Balaban J connectivity index is 1.05. The van der Waals surface area contributed by atoms with Gasteiger partial charge in [0.15, 0.2) is 0 Å². The zero-order valence-electron chi connectivity index (χ0n) is 20.4. The molecular formula is C28H26N4O4S. The molecule has 0 bridgehead atoms. The summed E-state index contributed by atoms with van der Waals surface area (Å²) in [6, 6.07) is 18.7. The monoisotopic (exact) mass is 514 g/mol. The van der Waals surface area contributed by atoms with Crippen LogP contribution in [0.1, 0.15) is 51.4 Å². The number of hydrogen-bond donors (Lipinski definition) is 1. The molecule has 1 N–H and O–H groups in total. The summed E-state index contributed by atoms with van der Waals surface area (Å²) in [5.41, 5.74) is 3.03. The van der Waals surface area contributed by atoms with Crippen molar-refractivity contribution < 1.29 is 18.8 Å². The molecule has 1 aromatic heterocycles. The lowest BCUT2D eigenvalue weighted by molar-refractivity contribution is -0.113. The van der Waals surface area contributed by atoms with Gasteiger partial charge in [0.1, 0.15) is 0 Å². The largest absolute Gasteiger partial charge is 0.416 e. The zero-order valence-corrected chi connectivity index (χ0v) is 21.2. The van der Waals surface area contributed by atoms with Crippen molar-refractivity contribution in [2.75, 3.05) is 17.6 Å². The second kappa shape index (κ2) is 11.0. The Bertz CT molecular complexity index is 1410. The highest BCUT2D eigenvalue weighted by atomic mass is 32.2. The van der Waals surface area contributed by atoms with E-state index in [-0.39, 0.29) is 23.5 Å². The Labute approximate surface area is 218 Å². The summed E-state index contributed by atoms with van der Waals surface area (Å²) < 4.78 is 5.64. The maximum absolute atomic E-state index is 13.0. The number of nitrogens with zero attached hydrogens (tertiary/aromatic N) is 3. The molecule has 0 saturated heterocycles. The summed E-state index contributed by atoms with van der Waals surface area (Å²) in [4.78, 5) is 39.4. The number of nitrogens with one attached hydrogen (secondary N) is 1. The van der Waals surface area contributed by atoms with Crippen LogP contribution in [0.4, 0.5) is 5.69 Å². The van der Waals surface area contributed by atoms with E-state index in [2.05, 4.69) is 15.5 Å². The fourth-order valence-corrected chi connectivity index (χ4v) is 4.95. The summed E-state index contributed by atoms with van der Waals surface area (Å²) in [5, 5.41) is 12.9. The SMILES string of the molecule is Cc1ccc(NC(=O)CSc2nnc(CCCCCN3C(=O)c4cccc5cccc(c45)C3=O)o2)cc1. The lowest BCUT2D eigenvalue weighted by Gasteiger charge is -2.27. The van der Waals surface area contributed by atoms with E-state index in [4.69, 9.17) is 4.42 Å². The third kappa shape index (κ3) is 5.56. The molecule has 2 heterocycles. The summed E-state index contributed by atoms with van der Waals surface area (Å²) in [7, 11) is 0. The van der Waals surface area contributed by atoms with E-state index in [9.17, 15) is 14.4 Å². The fourth-order valence-electron chi connectivity index (χ4n) is 4.37. The molecule has 188 valence electrons. The van der Waals surface area contributed by atoms with Gasteiger partial charge in [0.25, 0.3) is 17.0 Å². The van der Waals surface area contributed by atoms with Crippen LogP contribution in [-0.2, 0) is 11.2 Å². The number of carbonyl (C=O) groups is 3. The average Bonchev–Trinajstić information content (AvgIpc) is 3.36. The molecule has 8 nitrogen and oxygen atoms in total. The molecule has 1 aliphatic heterocycles. The first kappa shape index (κ1) is 24.7. The predicted octanol–water partition coefficient (Wildman–Crippen LogP) is 5.27. The molecule has 0 radical (unpaired) electrons. The number of benzene rings is 3. The number of carbonyl (C=O) groups excluding carboxylic acids is 3. The van der Waals surface area contributed by atoms with Crippen LogP contribution in [0.25, 0.3) is 10.8 Å². The molecule has 5 rings (SSSR count). The summed E-state index contributed by atoms with van der Waals surface area (Å²) >= 11 is 1.19. The first-order valence-electron chi connectivity index (χ1n) is 12.2. The van der Waals surface area contributed by atoms with Crippen molar-refractivity contribution in [3.8, 4) is 0 Å². The molecule has 3 amide bonds. The molecule has 0 fully saturated rings. The van der Waals surface area contributed by atoms with Gasteiger partial charge in [-0.1, -0.05) is 60.1 Å². The van der Waals surface area contributed by atoms with Crippen LogP contribution in [0.2, 0.25) is 0 Å². The molecule has 4 aromatic rings. The van der Waals surface area contributed by atoms with Gasteiger partial charge in [-0.15, -0.1) is 10.2 Å². The number of amides is 3. The third-order valence-electron chi connectivity index (χ3n) is 6.24. The third-order valence-corrected chi connectivity index (χ3v) is 7.06. The van der Waals surface area contributed by atoms with Gasteiger partial charge in [-0.05, 0) is 49.4 Å². The fraction of sp³-hybridized carbons (Fsp3) is 0.250.